The van der Waals surface area contributed by atoms with E-state index in [1.54, 1.807) is 37.7 Å². The predicted molar refractivity (Wildman–Crippen MR) is 189 cm³/mol. The topological polar surface area (TPSA) is 110 Å². The van der Waals surface area contributed by atoms with E-state index in [1.807, 2.05) is 30.3 Å². The van der Waals surface area contributed by atoms with Crippen molar-refractivity contribution in [2.24, 2.45) is 17.8 Å². The van der Waals surface area contributed by atoms with Crippen LogP contribution in [0.15, 0.2) is 91.3 Å². The minimum Gasteiger partial charge on any atom is -0.670 e. The number of rotatable bonds is 16. The Labute approximate surface area is 283 Å². The highest BCUT2D eigenvalue weighted by molar-refractivity contribution is 5.84. The van der Waals surface area contributed by atoms with Crippen molar-refractivity contribution in [2.75, 3.05) is 14.2 Å². The van der Waals surface area contributed by atoms with Crippen LogP contribution in [0.25, 0.3) is 10.8 Å². The van der Waals surface area contributed by atoms with Crippen LogP contribution in [0, 0.1) is 17.8 Å². The fourth-order valence-electron chi connectivity index (χ4n) is 6.70. The zero-order chi connectivity index (χ0) is 34.2. The van der Waals surface area contributed by atoms with Crippen molar-refractivity contribution in [3.8, 4) is 23.0 Å². The summed E-state index contributed by atoms with van der Waals surface area (Å²) in [7, 11) is 3.06. The maximum atomic E-state index is 14.3. The average Bonchev–Trinajstić information content (AvgIpc) is 3.59. The molecule has 0 aliphatic heterocycles. The molecule has 0 saturated heterocycles. The van der Waals surface area contributed by atoms with Gasteiger partial charge in [-0.2, -0.15) is 12.4 Å². The second-order valence-electron chi connectivity index (χ2n) is 13.2. The molecular formula is C41H46NO6-. The first-order valence-corrected chi connectivity index (χ1v) is 16.6. The van der Waals surface area contributed by atoms with Crippen molar-refractivity contribution in [2.45, 2.75) is 58.5 Å². The highest BCUT2D eigenvalue weighted by Crippen LogP contribution is 2.36. The largest absolute Gasteiger partial charge is 0.670 e. The molecule has 0 amide bonds. The van der Waals surface area contributed by atoms with Gasteiger partial charge in [-0.3, -0.25) is 4.79 Å². The fourth-order valence-corrected chi connectivity index (χ4v) is 6.70. The molecule has 7 heteroatoms. The predicted octanol–water partition coefficient (Wildman–Crippen LogP) is 7.25. The summed E-state index contributed by atoms with van der Waals surface area (Å²) in [6.45, 7) is 4.24. The average molecular weight is 649 g/mol. The maximum Gasteiger partial charge on any atom is 0.163 e. The van der Waals surface area contributed by atoms with E-state index in [9.17, 15) is 20.1 Å². The molecule has 252 valence electrons. The number of carbonyl (C=O) groups is 1. The van der Waals surface area contributed by atoms with Gasteiger partial charge in [0, 0.05) is 17.9 Å². The number of benzene rings is 4. The van der Waals surface area contributed by atoms with Gasteiger partial charge in [0.15, 0.2) is 23.0 Å². The minimum atomic E-state index is -0.924. The van der Waals surface area contributed by atoms with E-state index in [4.69, 9.17) is 9.47 Å². The monoisotopic (exact) mass is 648 g/mol. The summed E-state index contributed by atoms with van der Waals surface area (Å²) in [4.78, 5) is 18.5. The molecule has 0 aliphatic carbocycles. The van der Waals surface area contributed by atoms with Crippen LogP contribution in [-0.2, 0) is 36.9 Å². The quantitative estimate of drug-likeness (QED) is 0.103. The van der Waals surface area contributed by atoms with E-state index in [0.717, 1.165) is 38.6 Å². The van der Waals surface area contributed by atoms with Crippen molar-refractivity contribution in [3.63, 3.8) is 0 Å². The van der Waals surface area contributed by atoms with Crippen LogP contribution < -0.4 is 14.5 Å². The van der Waals surface area contributed by atoms with Crippen molar-refractivity contribution >= 4 is 16.6 Å². The lowest BCUT2D eigenvalue weighted by Gasteiger charge is -2.27. The third-order valence-electron chi connectivity index (χ3n) is 9.18. The maximum absolute atomic E-state index is 14.3. The normalized spacial score (nSPS) is 13.4. The first-order chi connectivity index (χ1) is 23.1. The van der Waals surface area contributed by atoms with Gasteiger partial charge in [-0.1, -0.05) is 80.1 Å². The van der Waals surface area contributed by atoms with Crippen molar-refractivity contribution in [1.29, 1.82) is 0 Å². The van der Waals surface area contributed by atoms with Crippen LogP contribution in [0.2, 0.25) is 0 Å². The number of aliphatic hydroxyl groups excluding tert-OH is 1. The molecule has 0 aliphatic rings. The van der Waals surface area contributed by atoms with E-state index in [-0.39, 0.29) is 29.6 Å². The molecule has 1 heterocycles. The van der Waals surface area contributed by atoms with E-state index < -0.39 is 12.0 Å². The van der Waals surface area contributed by atoms with E-state index >= 15 is 0 Å². The lowest BCUT2D eigenvalue weighted by atomic mass is 9.81. The van der Waals surface area contributed by atoms with Crippen LogP contribution in [0.4, 0.5) is 0 Å². The van der Waals surface area contributed by atoms with Crippen molar-refractivity contribution < 1.29 is 29.6 Å². The van der Waals surface area contributed by atoms with Crippen LogP contribution >= 0.6 is 0 Å². The second-order valence-corrected chi connectivity index (χ2v) is 13.2. The number of nitrogens with zero attached hydrogens (tertiary/aromatic N) is 1. The van der Waals surface area contributed by atoms with Gasteiger partial charge in [-0.15, -0.1) is 0 Å². The first kappa shape index (κ1) is 34.6. The molecule has 0 radical (unpaired) electrons. The first-order valence-electron chi connectivity index (χ1n) is 16.6. The molecule has 0 saturated carbocycles. The molecule has 0 spiro atoms. The highest BCUT2D eigenvalue weighted by Gasteiger charge is 2.29. The zero-order valence-electron chi connectivity index (χ0n) is 28.2. The third-order valence-corrected chi connectivity index (χ3v) is 9.18. The number of aliphatic hydroxyl groups is 1. The Morgan fingerprint density at radius 2 is 1.46 bits per heavy atom. The van der Waals surface area contributed by atoms with Crippen LogP contribution in [0.3, 0.4) is 0 Å². The molecule has 5 aromatic rings. The molecule has 48 heavy (non-hydrogen) atoms. The summed E-state index contributed by atoms with van der Waals surface area (Å²) in [5.41, 5.74) is 4.81. The molecule has 4 aromatic carbocycles. The Hall–Kier alpha value is -4.75. The standard InChI is InChI=1S/C41H46NO6/c1-26(2)17-35-32(12-14-37(44)41(35)48-4)23-34(21-29-15-16-42-25-29)39(46)24-38(45)33(20-28-10-13-36(43)40(22-28)47-3)19-27-9-11-30-7-5-6-8-31(30)18-27/h5-16,18,22,25-26,33-34,39,43-44,46H,17,19-21,23-24H2,1-4H3/q-1. The summed E-state index contributed by atoms with van der Waals surface area (Å²) in [5.74, 6) is 0.537. The van der Waals surface area contributed by atoms with Gasteiger partial charge in [-0.05, 0) is 89.6 Å². The van der Waals surface area contributed by atoms with Gasteiger partial charge in [0.25, 0.3) is 0 Å². The number of phenols is 2. The van der Waals surface area contributed by atoms with Crippen LogP contribution in [0.5, 0.6) is 23.0 Å². The molecule has 0 bridgehead atoms. The molecule has 3 N–H and O–H groups in total. The number of carbonyl (C=O) groups excluding carboxylic acids is 1. The Morgan fingerprint density at radius 1 is 0.750 bits per heavy atom. The molecule has 1 aromatic heterocycles. The Morgan fingerprint density at radius 3 is 2.15 bits per heavy atom. The van der Waals surface area contributed by atoms with Gasteiger partial charge < -0.3 is 29.8 Å². The molecule has 3 unspecified atom stereocenters. The molecule has 0 fully saturated rings. The number of ether oxygens (including phenoxy) is 2. The third kappa shape index (κ3) is 8.58. The highest BCUT2D eigenvalue weighted by atomic mass is 16.5. The Bertz CT molecular complexity index is 1810. The number of Topliss-reactive ketones (excluding diaryl/α,β-unsaturated/α-hetero) is 1. The van der Waals surface area contributed by atoms with Gasteiger partial charge in [-0.25, -0.2) is 0 Å². The van der Waals surface area contributed by atoms with Gasteiger partial charge in [0.2, 0.25) is 0 Å². The lowest BCUT2D eigenvalue weighted by Crippen LogP contribution is -2.31. The van der Waals surface area contributed by atoms with E-state index in [2.05, 4.69) is 49.2 Å². The number of phenolic OH excluding ortho intramolecular Hbond substituents is 2. The number of aromatic nitrogens is 1. The van der Waals surface area contributed by atoms with E-state index in [1.165, 1.54) is 7.11 Å². The van der Waals surface area contributed by atoms with Crippen LogP contribution in [0.1, 0.15) is 48.1 Å². The molecular weight excluding hydrogens is 602 g/mol. The second kappa shape index (κ2) is 15.9. The SMILES string of the molecule is COc1cc(CC(Cc2ccc3ccccc3c2)C(=O)CC(O)C(Cc2cc[n-]c2)Cc2ccc(O)c(OC)c2CC(C)C)ccc1O. The summed E-state index contributed by atoms with van der Waals surface area (Å²) in [6.07, 6.45) is 5.29. The molecule has 5 rings (SSSR count). The zero-order valence-corrected chi connectivity index (χ0v) is 28.2. The Kier molecular flexibility index (Phi) is 11.5. The molecule has 7 nitrogen and oxygen atoms in total. The number of methoxy groups -OCH3 is 2. The number of fused-ring (bicyclic) bond motifs is 1. The van der Waals surface area contributed by atoms with Crippen molar-refractivity contribution in [1.82, 2.24) is 4.98 Å². The number of aromatic hydroxyl groups is 2. The summed E-state index contributed by atoms with van der Waals surface area (Å²) < 4.78 is 11.0. The van der Waals surface area contributed by atoms with Gasteiger partial charge >= 0.3 is 0 Å². The van der Waals surface area contributed by atoms with Crippen LogP contribution in [-0.4, -0.2) is 41.4 Å². The summed E-state index contributed by atoms with van der Waals surface area (Å²) in [5, 5.41) is 34.8. The molecule has 3 atom stereocenters. The van der Waals surface area contributed by atoms with Crippen molar-refractivity contribution in [3.05, 3.63) is 119 Å². The Balaban J connectivity index is 1.44. The summed E-state index contributed by atoms with van der Waals surface area (Å²) in [6, 6.07) is 25.1. The summed E-state index contributed by atoms with van der Waals surface area (Å²) >= 11 is 0. The lowest BCUT2D eigenvalue weighted by molar-refractivity contribution is -0.125. The van der Waals surface area contributed by atoms with Gasteiger partial charge in [0.1, 0.15) is 5.78 Å². The number of hydrogen-bond donors (Lipinski definition) is 3. The smallest absolute Gasteiger partial charge is 0.163 e. The fraction of sp³-hybridized carbons (Fsp3) is 0.341. The minimum absolute atomic E-state index is 0.0129. The van der Waals surface area contributed by atoms with E-state index in [0.29, 0.717) is 49.5 Å². The van der Waals surface area contributed by atoms with Gasteiger partial charge in [0.05, 0.1) is 20.3 Å². The number of hydrogen-bond acceptors (Lipinski definition) is 6. The number of ketones is 1.